The molecular formula is C25H31F3N2O. The number of hydrogen-bond acceptors (Lipinski definition) is 3. The molecule has 2 aromatic carbocycles. The maximum absolute atomic E-state index is 12.8. The van der Waals surface area contributed by atoms with Gasteiger partial charge in [0.1, 0.15) is 0 Å². The molecule has 2 heterocycles. The number of rotatable bonds is 5. The first-order chi connectivity index (χ1) is 14.9. The molecule has 168 valence electrons. The number of nitrogens with zero attached hydrogens (tertiary/aromatic N) is 2. The number of aryl methyl sites for hydroxylation is 1. The van der Waals surface area contributed by atoms with Gasteiger partial charge in [-0.3, -0.25) is 4.90 Å². The van der Waals surface area contributed by atoms with E-state index in [1.54, 1.807) is 0 Å². The van der Waals surface area contributed by atoms with Crippen LogP contribution in [0.5, 0.6) is 0 Å². The van der Waals surface area contributed by atoms with E-state index in [0.29, 0.717) is 13.1 Å². The van der Waals surface area contributed by atoms with Crippen LogP contribution < -0.4 is 0 Å². The summed E-state index contributed by atoms with van der Waals surface area (Å²) >= 11 is 0. The van der Waals surface area contributed by atoms with Crippen LogP contribution in [0, 0.1) is 6.92 Å². The number of halogens is 3. The molecule has 1 N–H and O–H groups in total. The molecule has 0 saturated carbocycles. The third-order valence-corrected chi connectivity index (χ3v) is 6.81. The van der Waals surface area contributed by atoms with Gasteiger partial charge in [0, 0.05) is 31.1 Å². The van der Waals surface area contributed by atoms with Crippen molar-refractivity contribution in [2.75, 3.05) is 32.8 Å². The summed E-state index contributed by atoms with van der Waals surface area (Å²) in [6.07, 6.45) is -3.04. The second-order valence-corrected chi connectivity index (χ2v) is 8.95. The number of fused-ring (bicyclic) bond motifs is 1. The first-order valence-corrected chi connectivity index (χ1v) is 11.2. The van der Waals surface area contributed by atoms with Crippen molar-refractivity contribution in [3.05, 3.63) is 59.7 Å². The molecule has 0 aliphatic carbocycles. The van der Waals surface area contributed by atoms with Crippen molar-refractivity contribution in [1.29, 1.82) is 0 Å². The summed E-state index contributed by atoms with van der Waals surface area (Å²) in [6.45, 7) is 4.44. The molecule has 0 spiro atoms. The lowest BCUT2D eigenvalue weighted by atomic mass is 9.74. The summed E-state index contributed by atoms with van der Waals surface area (Å²) in [5.41, 5.74) is 4.69. The van der Waals surface area contributed by atoms with Crippen molar-refractivity contribution in [3.63, 3.8) is 0 Å². The minimum atomic E-state index is -4.12. The van der Waals surface area contributed by atoms with E-state index in [9.17, 15) is 18.3 Å². The van der Waals surface area contributed by atoms with Gasteiger partial charge in [0.2, 0.25) is 0 Å². The van der Waals surface area contributed by atoms with Crippen LogP contribution in [0.4, 0.5) is 13.2 Å². The molecule has 4 rings (SSSR count). The number of aliphatic hydroxyl groups is 1. The molecule has 2 aromatic rings. The number of alkyl halides is 3. The van der Waals surface area contributed by atoms with Crippen LogP contribution in [-0.4, -0.2) is 66.0 Å². The maximum Gasteiger partial charge on any atom is 0.390 e. The zero-order valence-corrected chi connectivity index (χ0v) is 18.0. The van der Waals surface area contributed by atoms with Gasteiger partial charge < -0.3 is 10.0 Å². The van der Waals surface area contributed by atoms with Crippen molar-refractivity contribution in [1.82, 2.24) is 9.80 Å². The van der Waals surface area contributed by atoms with E-state index in [-0.39, 0.29) is 31.2 Å². The van der Waals surface area contributed by atoms with E-state index >= 15 is 0 Å². The van der Waals surface area contributed by atoms with Gasteiger partial charge in [-0.05, 0) is 49.5 Å². The van der Waals surface area contributed by atoms with Crippen LogP contribution in [0.2, 0.25) is 0 Å². The van der Waals surface area contributed by atoms with E-state index in [2.05, 4.69) is 54.3 Å². The van der Waals surface area contributed by atoms with E-state index in [4.69, 9.17) is 0 Å². The Hall–Kier alpha value is -1.89. The highest BCUT2D eigenvalue weighted by atomic mass is 19.4. The van der Waals surface area contributed by atoms with E-state index in [1.165, 1.54) is 11.1 Å². The zero-order chi connectivity index (χ0) is 22.0. The third kappa shape index (κ3) is 5.13. The smallest absolute Gasteiger partial charge is 0.390 e. The van der Waals surface area contributed by atoms with Crippen LogP contribution in [0.25, 0.3) is 11.1 Å². The van der Waals surface area contributed by atoms with Gasteiger partial charge in [0.25, 0.3) is 0 Å². The molecule has 31 heavy (non-hydrogen) atoms. The van der Waals surface area contributed by atoms with Crippen molar-refractivity contribution in [2.24, 2.45) is 0 Å². The van der Waals surface area contributed by atoms with Gasteiger partial charge in [0.15, 0.2) is 0 Å². The molecule has 3 nitrogen and oxygen atoms in total. The van der Waals surface area contributed by atoms with Crippen molar-refractivity contribution in [3.8, 4) is 11.1 Å². The van der Waals surface area contributed by atoms with Crippen LogP contribution >= 0.6 is 0 Å². The topological polar surface area (TPSA) is 26.7 Å². The Morgan fingerprint density at radius 1 is 1.00 bits per heavy atom. The Labute approximate surface area is 182 Å². The average Bonchev–Trinajstić information content (AvgIpc) is 2.72. The second kappa shape index (κ2) is 9.31. The fourth-order valence-electron chi connectivity index (χ4n) is 5.22. The Bertz CT molecular complexity index is 868. The zero-order valence-electron chi connectivity index (χ0n) is 18.0. The number of hydrogen-bond donors (Lipinski definition) is 1. The third-order valence-electron chi connectivity index (χ3n) is 6.81. The Morgan fingerprint density at radius 2 is 1.74 bits per heavy atom. The van der Waals surface area contributed by atoms with Gasteiger partial charge in [0.05, 0.1) is 13.0 Å². The van der Waals surface area contributed by atoms with E-state index in [0.717, 1.165) is 30.5 Å². The molecule has 3 atom stereocenters. The Balaban J connectivity index is 1.52. The SMILES string of the molecule is Cc1cccc(-c2ccc([C@@H]3[C@H](CO)N4CCCCN(CCC(F)(F)F)C[C@@H]34)cc2)c1. The Kier molecular flexibility index (Phi) is 6.70. The molecule has 6 heteroatoms. The monoisotopic (exact) mass is 432 g/mol. The maximum atomic E-state index is 12.8. The number of aliphatic hydroxyl groups excluding tert-OH is 1. The summed E-state index contributed by atoms with van der Waals surface area (Å²) in [5, 5.41) is 10.1. The fraction of sp³-hybridized carbons (Fsp3) is 0.520. The predicted octanol–water partition coefficient (Wildman–Crippen LogP) is 4.84. The van der Waals surface area contributed by atoms with E-state index < -0.39 is 12.6 Å². The van der Waals surface area contributed by atoms with Gasteiger partial charge in [-0.2, -0.15) is 13.2 Å². The molecule has 2 saturated heterocycles. The van der Waals surface area contributed by atoms with Gasteiger partial charge in [-0.25, -0.2) is 0 Å². The summed E-state index contributed by atoms with van der Waals surface area (Å²) in [6, 6.07) is 17.0. The summed E-state index contributed by atoms with van der Waals surface area (Å²) in [5.74, 6) is 0.142. The molecule has 0 radical (unpaired) electrons. The highest BCUT2D eigenvalue weighted by Crippen LogP contribution is 2.42. The van der Waals surface area contributed by atoms with Crippen LogP contribution in [0.1, 0.15) is 36.3 Å². The highest BCUT2D eigenvalue weighted by Gasteiger charge is 2.49. The molecule has 2 aliphatic rings. The number of benzene rings is 2. The van der Waals surface area contributed by atoms with Gasteiger partial charge in [-0.1, -0.05) is 54.1 Å². The molecule has 0 aromatic heterocycles. The predicted molar refractivity (Wildman–Crippen MR) is 117 cm³/mol. The van der Waals surface area contributed by atoms with Crippen LogP contribution in [0.15, 0.2) is 48.5 Å². The second-order valence-electron chi connectivity index (χ2n) is 8.95. The molecule has 0 unspecified atom stereocenters. The summed E-state index contributed by atoms with van der Waals surface area (Å²) in [4.78, 5) is 4.27. The minimum absolute atomic E-state index is 0.0392. The van der Waals surface area contributed by atoms with Crippen LogP contribution in [0.3, 0.4) is 0 Å². The molecule has 0 amide bonds. The lowest BCUT2D eigenvalue weighted by Gasteiger charge is -2.57. The highest BCUT2D eigenvalue weighted by molar-refractivity contribution is 5.64. The first kappa shape index (κ1) is 22.3. The average molecular weight is 433 g/mol. The van der Waals surface area contributed by atoms with Crippen LogP contribution in [-0.2, 0) is 0 Å². The van der Waals surface area contributed by atoms with Gasteiger partial charge in [-0.15, -0.1) is 0 Å². The molecule has 0 bridgehead atoms. The summed E-state index contributed by atoms with van der Waals surface area (Å²) < 4.78 is 38.3. The molecule has 2 aliphatic heterocycles. The first-order valence-electron chi connectivity index (χ1n) is 11.2. The summed E-state index contributed by atoms with van der Waals surface area (Å²) in [7, 11) is 0. The van der Waals surface area contributed by atoms with Crippen molar-refractivity contribution >= 4 is 0 Å². The molecular weight excluding hydrogens is 401 g/mol. The largest absolute Gasteiger partial charge is 0.395 e. The van der Waals surface area contributed by atoms with Crippen molar-refractivity contribution < 1.29 is 18.3 Å². The Morgan fingerprint density at radius 3 is 2.42 bits per heavy atom. The lowest BCUT2D eigenvalue weighted by molar-refractivity contribution is -0.140. The van der Waals surface area contributed by atoms with E-state index in [1.807, 2.05) is 11.0 Å². The quantitative estimate of drug-likeness (QED) is 0.733. The van der Waals surface area contributed by atoms with Crippen molar-refractivity contribution in [2.45, 2.75) is 50.4 Å². The van der Waals surface area contributed by atoms with Gasteiger partial charge >= 0.3 is 6.18 Å². The standard InChI is InChI=1S/C25H31F3N2O/c1-18-5-4-6-21(15-18)19-7-9-20(10-8-19)24-22-16-29(14-11-25(26,27)28)12-2-3-13-30(22)23(24)17-31/h4-10,15,22-24,31H,2-3,11-14,16-17H2,1H3/t22-,23-,24-/m0/s1. The molecule has 2 fully saturated rings. The lowest BCUT2D eigenvalue weighted by Crippen LogP contribution is -2.67. The normalized spacial score (nSPS) is 25.4. The fourth-order valence-corrected chi connectivity index (χ4v) is 5.22. The minimum Gasteiger partial charge on any atom is -0.395 e.